The Hall–Kier alpha value is -1.22. The lowest BCUT2D eigenvalue weighted by atomic mass is 9.98. The van der Waals surface area contributed by atoms with Crippen molar-refractivity contribution in [1.29, 1.82) is 0 Å². The zero-order valence-corrected chi connectivity index (χ0v) is 9.53. The Kier molecular flexibility index (Phi) is 2.28. The first kappa shape index (κ1) is 9.97. The summed E-state index contributed by atoms with van der Waals surface area (Å²) in [5.74, 6) is 3.28. The normalized spacial score (nSPS) is 26.1. The summed E-state index contributed by atoms with van der Waals surface area (Å²) in [7, 11) is 1.74. The van der Waals surface area contributed by atoms with Crippen LogP contribution in [0.15, 0.2) is 12.1 Å². The van der Waals surface area contributed by atoms with Crippen molar-refractivity contribution in [2.75, 3.05) is 20.3 Å². The minimum absolute atomic E-state index is 0.594. The molecule has 1 heterocycles. The summed E-state index contributed by atoms with van der Waals surface area (Å²) in [6.45, 7) is 1.58. The van der Waals surface area contributed by atoms with Crippen LogP contribution in [0.25, 0.3) is 0 Å². The van der Waals surface area contributed by atoms with Crippen LogP contribution in [0.2, 0.25) is 0 Å². The topological polar surface area (TPSA) is 44.5 Å². The van der Waals surface area contributed by atoms with E-state index in [9.17, 15) is 0 Å². The number of fused-ring (bicyclic) bond motifs is 1. The number of nitrogens with two attached hydrogens (primary N) is 1. The maximum absolute atomic E-state index is 5.73. The predicted octanol–water partition coefficient (Wildman–Crippen LogP) is 1.69. The molecule has 2 N–H and O–H groups in total. The SMILES string of the molecule is COc1ccc2c(c1[C@@H]1C[C@H]1CN)CCO2. The summed E-state index contributed by atoms with van der Waals surface area (Å²) in [6, 6.07) is 4.04. The Labute approximate surface area is 95.5 Å². The zero-order valence-electron chi connectivity index (χ0n) is 9.53. The highest BCUT2D eigenvalue weighted by Crippen LogP contribution is 2.53. The summed E-state index contributed by atoms with van der Waals surface area (Å²) < 4.78 is 11.1. The van der Waals surface area contributed by atoms with E-state index in [-0.39, 0.29) is 0 Å². The second-order valence-electron chi connectivity index (χ2n) is 4.59. The van der Waals surface area contributed by atoms with Crippen LogP contribution in [0.1, 0.15) is 23.5 Å². The molecule has 3 rings (SSSR count). The van der Waals surface area contributed by atoms with Crippen LogP contribution < -0.4 is 15.2 Å². The molecule has 0 saturated heterocycles. The van der Waals surface area contributed by atoms with E-state index in [1.807, 2.05) is 12.1 Å². The van der Waals surface area contributed by atoms with Crippen LogP contribution in [-0.4, -0.2) is 20.3 Å². The molecule has 1 aromatic carbocycles. The van der Waals surface area contributed by atoms with Crippen LogP contribution >= 0.6 is 0 Å². The minimum atomic E-state index is 0.594. The van der Waals surface area contributed by atoms with Crippen LogP contribution in [0.5, 0.6) is 11.5 Å². The fourth-order valence-corrected chi connectivity index (χ4v) is 2.73. The van der Waals surface area contributed by atoms with Gasteiger partial charge in [-0.05, 0) is 36.9 Å². The summed E-state index contributed by atoms with van der Waals surface area (Å²) in [4.78, 5) is 0. The third kappa shape index (κ3) is 1.39. The quantitative estimate of drug-likeness (QED) is 0.841. The van der Waals surface area contributed by atoms with Gasteiger partial charge in [0, 0.05) is 17.5 Å². The largest absolute Gasteiger partial charge is 0.496 e. The van der Waals surface area contributed by atoms with E-state index >= 15 is 0 Å². The Morgan fingerprint density at radius 2 is 2.38 bits per heavy atom. The standard InChI is InChI=1S/C13H17NO2/c1-15-12-3-2-11-9(4-5-16-11)13(12)10-6-8(10)7-14/h2-3,8,10H,4-7,14H2,1H3/t8-,10+/m0/s1. The van der Waals surface area contributed by atoms with Crippen LogP contribution in [0.4, 0.5) is 0 Å². The molecule has 0 radical (unpaired) electrons. The van der Waals surface area contributed by atoms with E-state index in [2.05, 4.69) is 0 Å². The van der Waals surface area contributed by atoms with E-state index in [0.29, 0.717) is 11.8 Å². The molecule has 1 aliphatic carbocycles. The van der Waals surface area contributed by atoms with Gasteiger partial charge in [0.25, 0.3) is 0 Å². The smallest absolute Gasteiger partial charge is 0.123 e. The fourth-order valence-electron chi connectivity index (χ4n) is 2.73. The third-order valence-corrected chi connectivity index (χ3v) is 3.70. The van der Waals surface area contributed by atoms with Gasteiger partial charge in [0.05, 0.1) is 13.7 Å². The van der Waals surface area contributed by atoms with Crippen molar-refractivity contribution in [2.45, 2.75) is 18.8 Å². The highest BCUT2D eigenvalue weighted by molar-refractivity contribution is 5.54. The molecule has 16 heavy (non-hydrogen) atoms. The van der Waals surface area contributed by atoms with Gasteiger partial charge in [-0.3, -0.25) is 0 Å². The second-order valence-corrected chi connectivity index (χ2v) is 4.59. The maximum Gasteiger partial charge on any atom is 0.123 e. The zero-order chi connectivity index (χ0) is 11.1. The molecule has 0 bridgehead atoms. The van der Waals surface area contributed by atoms with Gasteiger partial charge in [0.1, 0.15) is 11.5 Å². The molecule has 3 nitrogen and oxygen atoms in total. The molecule has 0 unspecified atom stereocenters. The Bertz CT molecular complexity index is 417. The summed E-state index contributed by atoms with van der Waals surface area (Å²) in [5, 5.41) is 0. The number of methoxy groups -OCH3 is 1. The molecule has 0 spiro atoms. The van der Waals surface area contributed by atoms with Gasteiger partial charge in [0.15, 0.2) is 0 Å². The predicted molar refractivity (Wildman–Crippen MR) is 62.1 cm³/mol. The van der Waals surface area contributed by atoms with Gasteiger partial charge in [-0.2, -0.15) is 0 Å². The van der Waals surface area contributed by atoms with Crippen molar-refractivity contribution in [3.05, 3.63) is 23.3 Å². The molecule has 3 heteroatoms. The average Bonchev–Trinajstić information content (AvgIpc) is 2.94. The Morgan fingerprint density at radius 1 is 1.50 bits per heavy atom. The van der Waals surface area contributed by atoms with Gasteiger partial charge in [-0.1, -0.05) is 0 Å². The number of hydrogen-bond acceptors (Lipinski definition) is 3. The van der Waals surface area contributed by atoms with Crippen molar-refractivity contribution in [1.82, 2.24) is 0 Å². The molecule has 0 aromatic heterocycles. The molecule has 1 saturated carbocycles. The molecular weight excluding hydrogens is 202 g/mol. The van der Waals surface area contributed by atoms with E-state index in [0.717, 1.165) is 31.1 Å². The van der Waals surface area contributed by atoms with Gasteiger partial charge < -0.3 is 15.2 Å². The third-order valence-electron chi connectivity index (χ3n) is 3.70. The van der Waals surface area contributed by atoms with Gasteiger partial charge in [-0.25, -0.2) is 0 Å². The first-order chi connectivity index (χ1) is 7.85. The number of hydrogen-bond donors (Lipinski definition) is 1. The Balaban J connectivity index is 2.04. The highest BCUT2D eigenvalue weighted by atomic mass is 16.5. The number of benzene rings is 1. The molecule has 2 atom stereocenters. The second kappa shape index (κ2) is 3.67. The van der Waals surface area contributed by atoms with E-state index in [1.165, 1.54) is 17.5 Å². The lowest BCUT2D eigenvalue weighted by Gasteiger charge is -2.12. The van der Waals surface area contributed by atoms with Crippen molar-refractivity contribution < 1.29 is 9.47 Å². The van der Waals surface area contributed by atoms with Crippen LogP contribution in [-0.2, 0) is 6.42 Å². The summed E-state index contributed by atoms with van der Waals surface area (Å²) in [6.07, 6.45) is 2.21. The van der Waals surface area contributed by atoms with Crippen molar-refractivity contribution in [3.8, 4) is 11.5 Å². The molecule has 1 aromatic rings. The molecular formula is C13H17NO2. The molecule has 1 fully saturated rings. The van der Waals surface area contributed by atoms with E-state index in [1.54, 1.807) is 7.11 Å². The van der Waals surface area contributed by atoms with Gasteiger partial charge in [0.2, 0.25) is 0 Å². The van der Waals surface area contributed by atoms with E-state index in [4.69, 9.17) is 15.2 Å². The first-order valence-electron chi connectivity index (χ1n) is 5.87. The summed E-state index contributed by atoms with van der Waals surface area (Å²) >= 11 is 0. The minimum Gasteiger partial charge on any atom is -0.496 e. The number of rotatable bonds is 3. The Morgan fingerprint density at radius 3 is 3.06 bits per heavy atom. The van der Waals surface area contributed by atoms with E-state index < -0.39 is 0 Å². The highest BCUT2D eigenvalue weighted by Gasteiger charge is 2.41. The maximum atomic E-state index is 5.73. The van der Waals surface area contributed by atoms with Gasteiger partial charge >= 0.3 is 0 Å². The molecule has 2 aliphatic rings. The fraction of sp³-hybridized carbons (Fsp3) is 0.538. The first-order valence-corrected chi connectivity index (χ1v) is 5.87. The summed E-state index contributed by atoms with van der Waals surface area (Å²) in [5.41, 5.74) is 8.43. The van der Waals surface area contributed by atoms with Crippen LogP contribution in [0, 0.1) is 5.92 Å². The van der Waals surface area contributed by atoms with Crippen molar-refractivity contribution >= 4 is 0 Å². The molecule has 1 aliphatic heterocycles. The van der Waals surface area contributed by atoms with Gasteiger partial charge in [-0.15, -0.1) is 0 Å². The molecule has 86 valence electrons. The van der Waals surface area contributed by atoms with Crippen molar-refractivity contribution in [2.24, 2.45) is 11.7 Å². The monoisotopic (exact) mass is 219 g/mol. The average molecular weight is 219 g/mol. The molecule has 0 amide bonds. The van der Waals surface area contributed by atoms with Crippen LogP contribution in [0.3, 0.4) is 0 Å². The number of ether oxygens (including phenoxy) is 2. The van der Waals surface area contributed by atoms with Crippen molar-refractivity contribution in [3.63, 3.8) is 0 Å². The lowest BCUT2D eigenvalue weighted by Crippen LogP contribution is -2.03. The lowest BCUT2D eigenvalue weighted by molar-refractivity contribution is 0.356.